The van der Waals surface area contributed by atoms with Crippen molar-refractivity contribution in [2.45, 2.75) is 19.8 Å². The van der Waals surface area contributed by atoms with Gasteiger partial charge in [0.05, 0.1) is 6.21 Å². The predicted molar refractivity (Wildman–Crippen MR) is 106 cm³/mol. The van der Waals surface area contributed by atoms with Crippen molar-refractivity contribution in [2.24, 2.45) is 5.10 Å². The fourth-order valence-corrected chi connectivity index (χ4v) is 2.60. The topological polar surface area (TPSA) is 50.7 Å². The maximum Gasteiger partial charge on any atom is 0.277 e. The highest BCUT2D eigenvalue weighted by Crippen LogP contribution is 2.18. The van der Waals surface area contributed by atoms with Crippen molar-refractivity contribution < 1.29 is 9.53 Å². The number of fused-ring (bicyclic) bond motifs is 1. The van der Waals surface area contributed by atoms with Crippen LogP contribution in [0.4, 0.5) is 0 Å². The van der Waals surface area contributed by atoms with E-state index in [-0.39, 0.29) is 12.5 Å². The standard InChI is InChI=1S/C22H22N2O2/c1-16(2)18-9-11-21(12-10-18)26-15-22(25)24-23-14-17-7-8-19-5-3-4-6-20(19)13-17/h3-14,16H,15H2,1-2H3,(H,24,25)/b23-14+. The highest BCUT2D eigenvalue weighted by Gasteiger charge is 2.03. The van der Waals surface area contributed by atoms with Crippen molar-refractivity contribution in [1.29, 1.82) is 0 Å². The van der Waals surface area contributed by atoms with Crippen molar-refractivity contribution in [3.63, 3.8) is 0 Å². The Labute approximate surface area is 153 Å². The molecule has 0 saturated heterocycles. The quantitative estimate of drug-likeness (QED) is 0.528. The number of hydrazone groups is 1. The predicted octanol–water partition coefficient (Wildman–Crippen LogP) is 4.49. The van der Waals surface area contributed by atoms with E-state index in [2.05, 4.69) is 30.4 Å². The monoisotopic (exact) mass is 346 g/mol. The molecule has 132 valence electrons. The lowest BCUT2D eigenvalue weighted by molar-refractivity contribution is -0.123. The van der Waals surface area contributed by atoms with Gasteiger partial charge in [0.15, 0.2) is 6.61 Å². The summed E-state index contributed by atoms with van der Waals surface area (Å²) in [6.07, 6.45) is 1.63. The molecule has 26 heavy (non-hydrogen) atoms. The Morgan fingerprint density at radius 2 is 1.77 bits per heavy atom. The van der Waals surface area contributed by atoms with Crippen LogP contribution in [0.25, 0.3) is 10.8 Å². The molecule has 0 aliphatic heterocycles. The first-order chi connectivity index (χ1) is 12.6. The summed E-state index contributed by atoms with van der Waals surface area (Å²) in [7, 11) is 0. The molecular weight excluding hydrogens is 324 g/mol. The van der Waals surface area contributed by atoms with Gasteiger partial charge in [0.2, 0.25) is 0 Å². The molecule has 0 saturated carbocycles. The SMILES string of the molecule is CC(C)c1ccc(OCC(=O)N/N=C/c2ccc3ccccc3c2)cc1. The van der Waals surface area contributed by atoms with E-state index < -0.39 is 0 Å². The number of benzene rings is 3. The zero-order valence-electron chi connectivity index (χ0n) is 15.0. The fourth-order valence-electron chi connectivity index (χ4n) is 2.60. The third-order valence-corrected chi connectivity index (χ3v) is 4.09. The normalized spacial score (nSPS) is 11.2. The Morgan fingerprint density at radius 1 is 1.04 bits per heavy atom. The number of carbonyl (C=O) groups excluding carboxylic acids is 1. The number of hydrogen-bond acceptors (Lipinski definition) is 3. The van der Waals surface area contributed by atoms with Crippen LogP contribution in [0.1, 0.15) is 30.9 Å². The van der Waals surface area contributed by atoms with Crippen LogP contribution in [-0.4, -0.2) is 18.7 Å². The fraction of sp³-hybridized carbons (Fsp3) is 0.182. The summed E-state index contributed by atoms with van der Waals surface area (Å²) in [5, 5.41) is 6.30. The Bertz CT molecular complexity index is 915. The van der Waals surface area contributed by atoms with E-state index >= 15 is 0 Å². The number of carbonyl (C=O) groups is 1. The maximum atomic E-state index is 11.8. The highest BCUT2D eigenvalue weighted by atomic mass is 16.5. The minimum absolute atomic E-state index is 0.0733. The largest absolute Gasteiger partial charge is 0.484 e. The Morgan fingerprint density at radius 3 is 2.50 bits per heavy atom. The van der Waals surface area contributed by atoms with Crippen molar-refractivity contribution in [3.05, 3.63) is 77.9 Å². The molecule has 0 atom stereocenters. The van der Waals surface area contributed by atoms with Gasteiger partial charge in [-0.3, -0.25) is 4.79 Å². The van der Waals surface area contributed by atoms with E-state index in [1.807, 2.05) is 60.7 Å². The molecule has 4 heteroatoms. The molecule has 3 aromatic rings. The molecule has 0 radical (unpaired) electrons. The second kappa shape index (κ2) is 8.30. The van der Waals surface area contributed by atoms with Gasteiger partial charge in [0, 0.05) is 0 Å². The van der Waals surface area contributed by atoms with Gasteiger partial charge in [-0.05, 0) is 46.0 Å². The van der Waals surface area contributed by atoms with Crippen molar-refractivity contribution in [2.75, 3.05) is 6.61 Å². The zero-order chi connectivity index (χ0) is 18.4. The van der Waals surface area contributed by atoms with Crippen LogP contribution >= 0.6 is 0 Å². The van der Waals surface area contributed by atoms with Crippen LogP contribution in [0.2, 0.25) is 0 Å². The van der Waals surface area contributed by atoms with E-state index in [1.54, 1.807) is 6.21 Å². The van der Waals surface area contributed by atoms with Gasteiger partial charge in [-0.1, -0.05) is 62.4 Å². The van der Waals surface area contributed by atoms with Crippen LogP contribution in [0.3, 0.4) is 0 Å². The van der Waals surface area contributed by atoms with Crippen LogP contribution in [0.15, 0.2) is 71.8 Å². The van der Waals surface area contributed by atoms with Gasteiger partial charge in [0.25, 0.3) is 5.91 Å². The van der Waals surface area contributed by atoms with Gasteiger partial charge >= 0.3 is 0 Å². The second-order valence-corrected chi connectivity index (χ2v) is 6.41. The minimum atomic E-state index is -0.296. The van der Waals surface area contributed by atoms with Crippen molar-refractivity contribution in [1.82, 2.24) is 5.43 Å². The Kier molecular flexibility index (Phi) is 5.64. The van der Waals surface area contributed by atoms with Crippen LogP contribution < -0.4 is 10.2 Å². The first-order valence-electron chi connectivity index (χ1n) is 8.65. The van der Waals surface area contributed by atoms with E-state index in [1.165, 1.54) is 10.9 Å². The summed E-state index contributed by atoms with van der Waals surface area (Å²) < 4.78 is 5.48. The lowest BCUT2D eigenvalue weighted by atomic mass is 10.0. The summed E-state index contributed by atoms with van der Waals surface area (Å²) in [5.41, 5.74) is 4.65. The molecule has 0 unspecified atom stereocenters. The number of hydrogen-bond donors (Lipinski definition) is 1. The molecule has 0 fully saturated rings. The third kappa shape index (κ3) is 4.70. The smallest absolute Gasteiger partial charge is 0.277 e. The molecule has 3 aromatic carbocycles. The molecule has 1 amide bonds. The maximum absolute atomic E-state index is 11.8. The van der Waals surface area contributed by atoms with Crippen molar-refractivity contribution in [3.8, 4) is 5.75 Å². The highest BCUT2D eigenvalue weighted by molar-refractivity contribution is 5.90. The van der Waals surface area contributed by atoms with Crippen molar-refractivity contribution >= 4 is 22.9 Å². The average Bonchev–Trinajstić information content (AvgIpc) is 2.66. The third-order valence-electron chi connectivity index (χ3n) is 4.09. The van der Waals surface area contributed by atoms with Gasteiger partial charge < -0.3 is 4.74 Å². The number of nitrogens with one attached hydrogen (secondary N) is 1. The number of amides is 1. The lowest BCUT2D eigenvalue weighted by Crippen LogP contribution is -2.24. The molecule has 1 N–H and O–H groups in total. The molecule has 0 spiro atoms. The molecule has 0 heterocycles. The first-order valence-corrected chi connectivity index (χ1v) is 8.65. The first kappa shape index (κ1) is 17.7. The summed E-state index contributed by atoms with van der Waals surface area (Å²) in [4.78, 5) is 11.8. The van der Waals surface area contributed by atoms with Gasteiger partial charge in [-0.25, -0.2) is 5.43 Å². The molecule has 4 nitrogen and oxygen atoms in total. The number of nitrogens with zero attached hydrogens (tertiary/aromatic N) is 1. The number of ether oxygens (including phenoxy) is 1. The lowest BCUT2D eigenvalue weighted by Gasteiger charge is -2.08. The second-order valence-electron chi connectivity index (χ2n) is 6.41. The molecular formula is C22H22N2O2. The van der Waals surface area contributed by atoms with Crippen LogP contribution in [-0.2, 0) is 4.79 Å². The molecule has 0 bridgehead atoms. The van der Waals surface area contributed by atoms with E-state index in [0.717, 1.165) is 10.9 Å². The summed E-state index contributed by atoms with van der Waals surface area (Å²) in [6, 6.07) is 21.9. The average molecular weight is 346 g/mol. The Hall–Kier alpha value is -3.14. The summed E-state index contributed by atoms with van der Waals surface area (Å²) in [6.45, 7) is 4.20. The Balaban J connectivity index is 1.50. The molecule has 0 aliphatic rings. The summed E-state index contributed by atoms with van der Waals surface area (Å²) in [5.74, 6) is 0.842. The molecule has 0 aliphatic carbocycles. The molecule has 3 rings (SSSR count). The van der Waals surface area contributed by atoms with Gasteiger partial charge in [-0.15, -0.1) is 0 Å². The van der Waals surface area contributed by atoms with Crippen LogP contribution in [0, 0.1) is 0 Å². The minimum Gasteiger partial charge on any atom is -0.484 e. The summed E-state index contributed by atoms with van der Waals surface area (Å²) >= 11 is 0. The van der Waals surface area contributed by atoms with Gasteiger partial charge in [0.1, 0.15) is 5.75 Å². The molecule has 0 aromatic heterocycles. The zero-order valence-corrected chi connectivity index (χ0v) is 15.0. The van der Waals surface area contributed by atoms with E-state index in [4.69, 9.17) is 4.74 Å². The van der Waals surface area contributed by atoms with Crippen LogP contribution in [0.5, 0.6) is 5.75 Å². The van der Waals surface area contributed by atoms with Gasteiger partial charge in [-0.2, -0.15) is 5.10 Å². The van der Waals surface area contributed by atoms with E-state index in [0.29, 0.717) is 11.7 Å². The van der Waals surface area contributed by atoms with E-state index in [9.17, 15) is 4.79 Å². The number of rotatable bonds is 6.